The van der Waals surface area contributed by atoms with E-state index in [0.717, 1.165) is 0 Å². The summed E-state index contributed by atoms with van der Waals surface area (Å²) in [6.45, 7) is 8.69. The van der Waals surface area contributed by atoms with Crippen molar-refractivity contribution < 1.29 is 14.4 Å². The fraction of sp³-hybridized carbons (Fsp3) is 0.652. The largest absolute Gasteiger partial charge is 0.344 e. The van der Waals surface area contributed by atoms with Crippen LogP contribution in [0.2, 0.25) is 5.02 Å². The van der Waals surface area contributed by atoms with E-state index in [1.54, 1.807) is 43.7 Å². The smallest absolute Gasteiger partial charge is 0.275 e. The highest BCUT2D eigenvalue weighted by Crippen LogP contribution is 2.22. The van der Waals surface area contributed by atoms with Gasteiger partial charge in [-0.2, -0.15) is 10.2 Å². The van der Waals surface area contributed by atoms with Crippen molar-refractivity contribution in [2.24, 2.45) is 13.0 Å². The number of halogens is 1. The van der Waals surface area contributed by atoms with Crippen molar-refractivity contribution in [3.05, 3.63) is 28.6 Å². The first kappa shape index (κ1) is 26.7. The van der Waals surface area contributed by atoms with E-state index in [0.29, 0.717) is 44.1 Å². The zero-order chi connectivity index (χ0) is 25.9. The van der Waals surface area contributed by atoms with Crippen LogP contribution in [0.1, 0.15) is 68.2 Å². The highest BCUT2D eigenvalue weighted by Gasteiger charge is 2.29. The Labute approximate surface area is 210 Å². The maximum atomic E-state index is 13.3. The lowest BCUT2D eigenvalue weighted by atomic mass is 10.0. The minimum atomic E-state index is -0.650. The number of amides is 3. The Balaban J connectivity index is 1.97. The van der Waals surface area contributed by atoms with Crippen molar-refractivity contribution in [1.82, 2.24) is 39.7 Å². The number of nitrogens with zero attached hydrogens (tertiary/aromatic N) is 7. The van der Waals surface area contributed by atoms with Gasteiger partial charge in [-0.1, -0.05) is 25.4 Å². The SMILES string of the molecule is Cc1nc2n(n1)CCN(C(=O)c1nn(C)cc1Cl)CCCC(=O)N(C)[C@@H](C)C(=O)N[C@@H]2CC(C)C. The standard InChI is InChI=1S/C23H35ClN8O3/c1-14(2)12-18-21-25-16(4)27-32(21)11-10-31(23(35)20-17(24)13-29(5)28-20)9-7-8-19(33)30(6)15(3)22(34)26-18/h13-15,18H,7-12H2,1-6H3,(H,26,34)/t15-,18+/m0/s1. The minimum Gasteiger partial charge on any atom is -0.344 e. The Hall–Kier alpha value is -2.95. The molecule has 0 saturated carbocycles. The molecular formula is C23H35ClN8O3. The number of hydrogen-bond acceptors (Lipinski definition) is 6. The molecule has 3 heterocycles. The van der Waals surface area contributed by atoms with Crippen LogP contribution in [0.5, 0.6) is 0 Å². The second-order valence-electron chi connectivity index (χ2n) is 9.51. The first-order valence-electron chi connectivity index (χ1n) is 11.9. The zero-order valence-corrected chi connectivity index (χ0v) is 22.0. The van der Waals surface area contributed by atoms with E-state index < -0.39 is 6.04 Å². The molecule has 2 atom stereocenters. The number of hydrogen-bond donors (Lipinski definition) is 1. The molecule has 2 aromatic heterocycles. The van der Waals surface area contributed by atoms with Gasteiger partial charge in [-0.15, -0.1) is 0 Å². The number of nitrogens with one attached hydrogen (secondary N) is 1. The van der Waals surface area contributed by atoms with Crippen LogP contribution in [0.15, 0.2) is 6.20 Å². The number of carbonyl (C=O) groups excluding carboxylic acids is 3. The lowest BCUT2D eigenvalue weighted by molar-refractivity contribution is -0.138. The van der Waals surface area contributed by atoms with Crippen molar-refractivity contribution in [3.8, 4) is 0 Å². The molecule has 0 saturated heterocycles. The Kier molecular flexibility index (Phi) is 8.52. The molecule has 12 heteroatoms. The summed E-state index contributed by atoms with van der Waals surface area (Å²) in [5, 5.41) is 12.1. The molecule has 0 unspecified atom stereocenters. The second kappa shape index (κ2) is 11.2. The van der Waals surface area contributed by atoms with E-state index in [1.807, 2.05) is 0 Å². The van der Waals surface area contributed by atoms with Crippen LogP contribution < -0.4 is 5.32 Å². The van der Waals surface area contributed by atoms with Gasteiger partial charge in [0.2, 0.25) is 11.8 Å². The molecule has 3 rings (SSSR count). The Morgan fingerprint density at radius 1 is 1.20 bits per heavy atom. The fourth-order valence-electron chi connectivity index (χ4n) is 4.16. The molecule has 1 N–H and O–H groups in total. The van der Waals surface area contributed by atoms with Crippen LogP contribution in [-0.2, 0) is 23.2 Å². The van der Waals surface area contributed by atoms with Gasteiger partial charge >= 0.3 is 0 Å². The van der Waals surface area contributed by atoms with Gasteiger partial charge in [0.25, 0.3) is 5.91 Å². The van der Waals surface area contributed by atoms with Crippen LogP contribution in [0.4, 0.5) is 0 Å². The summed E-state index contributed by atoms with van der Waals surface area (Å²) >= 11 is 6.24. The van der Waals surface area contributed by atoms with Gasteiger partial charge in [0, 0.05) is 39.8 Å². The van der Waals surface area contributed by atoms with E-state index in [9.17, 15) is 14.4 Å². The molecule has 2 aromatic rings. The van der Waals surface area contributed by atoms with Crippen molar-refractivity contribution >= 4 is 29.3 Å². The zero-order valence-electron chi connectivity index (χ0n) is 21.3. The molecule has 1 aliphatic heterocycles. The molecule has 192 valence electrons. The number of fused-ring (bicyclic) bond motifs is 1. The number of likely N-dealkylation sites (N-methyl/N-ethyl adjacent to an activating group) is 1. The first-order valence-corrected chi connectivity index (χ1v) is 12.3. The third-order valence-electron chi connectivity index (χ3n) is 6.17. The minimum absolute atomic E-state index is 0.160. The van der Waals surface area contributed by atoms with Crippen LogP contribution in [0.25, 0.3) is 0 Å². The van der Waals surface area contributed by atoms with E-state index in [-0.39, 0.29) is 46.8 Å². The quantitative estimate of drug-likeness (QED) is 0.679. The van der Waals surface area contributed by atoms with E-state index in [2.05, 4.69) is 34.3 Å². The molecule has 0 spiro atoms. The van der Waals surface area contributed by atoms with Gasteiger partial charge in [0.05, 0.1) is 17.6 Å². The third kappa shape index (κ3) is 6.39. The van der Waals surface area contributed by atoms with Crippen molar-refractivity contribution in [3.63, 3.8) is 0 Å². The van der Waals surface area contributed by atoms with Gasteiger partial charge in [0.1, 0.15) is 17.7 Å². The number of aryl methyl sites for hydroxylation is 2. The molecule has 35 heavy (non-hydrogen) atoms. The highest BCUT2D eigenvalue weighted by atomic mass is 35.5. The summed E-state index contributed by atoms with van der Waals surface area (Å²) in [6, 6.07) is -1.03. The van der Waals surface area contributed by atoms with E-state index in [1.165, 1.54) is 9.58 Å². The molecule has 0 aromatic carbocycles. The number of carbonyl (C=O) groups is 3. The van der Waals surface area contributed by atoms with Crippen LogP contribution in [-0.4, -0.2) is 78.2 Å². The lowest BCUT2D eigenvalue weighted by Gasteiger charge is -2.29. The van der Waals surface area contributed by atoms with Gasteiger partial charge < -0.3 is 15.1 Å². The average Bonchev–Trinajstić information content (AvgIpc) is 3.33. The summed E-state index contributed by atoms with van der Waals surface area (Å²) in [5.74, 6) is 0.792. The van der Waals surface area contributed by atoms with Gasteiger partial charge in [0.15, 0.2) is 5.69 Å². The Bertz CT molecular complexity index is 1080. The summed E-state index contributed by atoms with van der Waals surface area (Å²) in [4.78, 5) is 46.8. The summed E-state index contributed by atoms with van der Waals surface area (Å²) < 4.78 is 3.26. The van der Waals surface area contributed by atoms with E-state index in [4.69, 9.17) is 11.6 Å². The lowest BCUT2D eigenvalue weighted by Crippen LogP contribution is -2.47. The van der Waals surface area contributed by atoms with Crippen molar-refractivity contribution in [1.29, 1.82) is 0 Å². The van der Waals surface area contributed by atoms with Crippen LogP contribution >= 0.6 is 11.6 Å². The fourth-order valence-corrected chi connectivity index (χ4v) is 4.42. The molecular weight excluding hydrogens is 472 g/mol. The van der Waals surface area contributed by atoms with Crippen LogP contribution in [0, 0.1) is 12.8 Å². The molecule has 0 fully saturated rings. The molecule has 1 aliphatic rings. The van der Waals surface area contributed by atoms with Crippen LogP contribution in [0.3, 0.4) is 0 Å². The predicted octanol–water partition coefficient (Wildman–Crippen LogP) is 1.96. The number of rotatable bonds is 3. The second-order valence-corrected chi connectivity index (χ2v) is 9.91. The number of aromatic nitrogens is 5. The normalized spacial score (nSPS) is 20.6. The third-order valence-corrected chi connectivity index (χ3v) is 6.45. The Morgan fingerprint density at radius 3 is 2.54 bits per heavy atom. The van der Waals surface area contributed by atoms with E-state index >= 15 is 0 Å². The molecule has 0 aliphatic carbocycles. The molecule has 11 nitrogen and oxygen atoms in total. The maximum Gasteiger partial charge on any atom is 0.275 e. The predicted molar refractivity (Wildman–Crippen MR) is 131 cm³/mol. The summed E-state index contributed by atoms with van der Waals surface area (Å²) in [7, 11) is 3.33. The highest BCUT2D eigenvalue weighted by molar-refractivity contribution is 6.33. The monoisotopic (exact) mass is 506 g/mol. The molecule has 3 amide bonds. The topological polar surface area (TPSA) is 118 Å². The average molecular weight is 507 g/mol. The van der Waals surface area contributed by atoms with Gasteiger partial charge in [-0.25, -0.2) is 9.67 Å². The molecule has 0 bridgehead atoms. The Morgan fingerprint density at radius 2 is 1.91 bits per heavy atom. The van der Waals surface area contributed by atoms with Gasteiger partial charge in [-0.3, -0.25) is 19.1 Å². The van der Waals surface area contributed by atoms with Crippen molar-refractivity contribution in [2.45, 2.75) is 65.6 Å². The maximum absolute atomic E-state index is 13.3. The summed E-state index contributed by atoms with van der Waals surface area (Å²) in [6.07, 6.45) is 2.88. The first-order chi connectivity index (χ1) is 16.5. The van der Waals surface area contributed by atoms with Gasteiger partial charge in [-0.05, 0) is 32.6 Å². The summed E-state index contributed by atoms with van der Waals surface area (Å²) in [5.41, 5.74) is 0.173. The molecule has 0 radical (unpaired) electrons. The van der Waals surface area contributed by atoms with Crippen molar-refractivity contribution in [2.75, 3.05) is 20.1 Å².